The van der Waals surface area contributed by atoms with E-state index < -0.39 is 0 Å². The predicted octanol–water partition coefficient (Wildman–Crippen LogP) is 2.93. The van der Waals surface area contributed by atoms with Crippen LogP contribution in [0.25, 0.3) is 11.0 Å². The van der Waals surface area contributed by atoms with Crippen LogP contribution in [0, 0.1) is 0 Å². The first kappa shape index (κ1) is 12.5. The molecule has 3 aromatic rings. The van der Waals surface area contributed by atoms with E-state index in [1.165, 1.54) is 6.20 Å². The lowest BCUT2D eigenvalue weighted by molar-refractivity contribution is 0.102. The van der Waals surface area contributed by atoms with Crippen LogP contribution in [0.5, 0.6) is 0 Å². The third-order valence-electron chi connectivity index (χ3n) is 2.71. The molecule has 1 amide bonds. The summed E-state index contributed by atoms with van der Waals surface area (Å²) in [6, 6.07) is 8.47. The number of amides is 1. The Hall–Kier alpha value is -2.53. The Balaban J connectivity index is 1.97. The maximum Gasteiger partial charge on any atom is 0.259 e. The van der Waals surface area contributed by atoms with Gasteiger partial charge < -0.3 is 5.32 Å². The number of pyridine rings is 1. The van der Waals surface area contributed by atoms with E-state index in [9.17, 15) is 4.79 Å². The summed E-state index contributed by atoms with van der Waals surface area (Å²) in [5.74, 6) is 0.0919. The van der Waals surface area contributed by atoms with Crippen molar-refractivity contribution < 1.29 is 4.79 Å². The number of benzene rings is 1. The van der Waals surface area contributed by atoms with Crippen molar-refractivity contribution in [3.05, 3.63) is 59.5 Å². The van der Waals surface area contributed by atoms with Crippen LogP contribution in [0.15, 0.2) is 48.9 Å². The normalized spacial score (nSPS) is 10.4. The van der Waals surface area contributed by atoms with E-state index in [1.807, 2.05) is 0 Å². The highest BCUT2D eigenvalue weighted by Crippen LogP contribution is 2.17. The summed E-state index contributed by atoms with van der Waals surface area (Å²) in [6.07, 6.45) is 4.67. The largest absolute Gasteiger partial charge is 0.306 e. The fourth-order valence-electron chi connectivity index (χ4n) is 1.83. The van der Waals surface area contributed by atoms with E-state index in [1.54, 1.807) is 42.7 Å². The fourth-order valence-corrected chi connectivity index (χ4v) is 1.99. The molecule has 6 heteroatoms. The summed E-state index contributed by atoms with van der Waals surface area (Å²) < 4.78 is 0. The van der Waals surface area contributed by atoms with Gasteiger partial charge in [0, 0.05) is 23.6 Å². The molecule has 1 aromatic carbocycles. The number of carbonyl (C=O) groups is 1. The lowest BCUT2D eigenvalue weighted by Crippen LogP contribution is -2.13. The molecule has 0 bridgehead atoms. The first-order valence-electron chi connectivity index (χ1n) is 5.87. The molecule has 0 atom stereocenters. The second-order valence-electron chi connectivity index (χ2n) is 4.04. The van der Waals surface area contributed by atoms with Crippen molar-refractivity contribution in [3.8, 4) is 0 Å². The predicted molar refractivity (Wildman–Crippen MR) is 76.7 cm³/mol. The van der Waals surface area contributed by atoms with Crippen LogP contribution >= 0.6 is 11.6 Å². The number of hydrogen-bond donors (Lipinski definition) is 1. The van der Waals surface area contributed by atoms with Gasteiger partial charge in [0.2, 0.25) is 0 Å². The Bertz CT molecular complexity index is 785. The van der Waals surface area contributed by atoms with Crippen LogP contribution in [0.3, 0.4) is 0 Å². The van der Waals surface area contributed by atoms with Gasteiger partial charge >= 0.3 is 0 Å². The van der Waals surface area contributed by atoms with Gasteiger partial charge in [0.25, 0.3) is 5.91 Å². The van der Waals surface area contributed by atoms with Crippen LogP contribution in [-0.4, -0.2) is 20.9 Å². The molecule has 0 spiro atoms. The maximum atomic E-state index is 12.3. The number of para-hydroxylation sites is 1. The lowest BCUT2D eigenvalue weighted by atomic mass is 10.1. The molecule has 2 heterocycles. The van der Waals surface area contributed by atoms with Crippen molar-refractivity contribution in [2.45, 2.75) is 0 Å². The number of rotatable bonds is 2. The first-order chi connectivity index (χ1) is 9.74. The van der Waals surface area contributed by atoms with Gasteiger partial charge in [-0.1, -0.05) is 17.7 Å². The number of nitrogens with zero attached hydrogens (tertiary/aromatic N) is 3. The molecular weight excluding hydrogens is 276 g/mol. The topological polar surface area (TPSA) is 67.8 Å². The number of carbonyl (C=O) groups excluding carboxylic acids is 1. The molecule has 2 aromatic heterocycles. The van der Waals surface area contributed by atoms with Gasteiger partial charge in [-0.3, -0.25) is 14.8 Å². The Kier molecular flexibility index (Phi) is 3.26. The van der Waals surface area contributed by atoms with Crippen molar-refractivity contribution in [2.75, 3.05) is 5.32 Å². The van der Waals surface area contributed by atoms with Crippen molar-refractivity contribution in [1.82, 2.24) is 15.0 Å². The molecule has 1 N–H and O–H groups in total. The zero-order valence-corrected chi connectivity index (χ0v) is 11.0. The number of aromatic nitrogens is 3. The molecular formula is C14H9ClN4O. The standard InChI is InChI=1S/C14H9ClN4O/c15-9-4-5-17-12(8-9)19-14(20)10-2-1-3-11-13(10)18-7-6-16-11/h1-8H,(H,17,19,20). The summed E-state index contributed by atoms with van der Waals surface area (Å²) in [4.78, 5) is 24.7. The van der Waals surface area contributed by atoms with Gasteiger partial charge in [-0.15, -0.1) is 0 Å². The van der Waals surface area contributed by atoms with E-state index >= 15 is 0 Å². The zero-order valence-electron chi connectivity index (χ0n) is 10.2. The number of hydrogen-bond acceptors (Lipinski definition) is 4. The van der Waals surface area contributed by atoms with Crippen molar-refractivity contribution in [3.63, 3.8) is 0 Å². The van der Waals surface area contributed by atoms with Crippen LogP contribution in [0.2, 0.25) is 5.02 Å². The summed E-state index contributed by atoms with van der Waals surface area (Å²) in [5, 5.41) is 3.20. The average Bonchev–Trinajstić information content (AvgIpc) is 2.46. The van der Waals surface area contributed by atoms with Gasteiger partial charge in [-0.2, -0.15) is 0 Å². The number of fused-ring (bicyclic) bond motifs is 1. The van der Waals surface area contributed by atoms with Crippen molar-refractivity contribution in [1.29, 1.82) is 0 Å². The molecule has 0 saturated heterocycles. The van der Waals surface area contributed by atoms with Crippen LogP contribution in [-0.2, 0) is 0 Å². The molecule has 0 aliphatic rings. The highest BCUT2D eigenvalue weighted by Gasteiger charge is 2.12. The maximum absolute atomic E-state index is 12.3. The molecule has 3 rings (SSSR count). The Labute approximate surface area is 119 Å². The van der Waals surface area contributed by atoms with E-state index in [4.69, 9.17) is 11.6 Å². The summed E-state index contributed by atoms with van der Waals surface area (Å²) >= 11 is 5.86. The van der Waals surface area contributed by atoms with Gasteiger partial charge in [-0.05, 0) is 24.3 Å². The fraction of sp³-hybridized carbons (Fsp3) is 0. The smallest absolute Gasteiger partial charge is 0.259 e. The summed E-state index contributed by atoms with van der Waals surface area (Å²) in [7, 11) is 0. The molecule has 0 saturated carbocycles. The third-order valence-corrected chi connectivity index (χ3v) is 2.94. The number of nitrogens with one attached hydrogen (secondary N) is 1. The lowest BCUT2D eigenvalue weighted by Gasteiger charge is -2.06. The highest BCUT2D eigenvalue weighted by molar-refractivity contribution is 6.30. The average molecular weight is 285 g/mol. The molecule has 20 heavy (non-hydrogen) atoms. The molecule has 98 valence electrons. The third kappa shape index (κ3) is 2.44. The molecule has 0 fully saturated rings. The van der Waals surface area contributed by atoms with E-state index in [2.05, 4.69) is 20.3 Å². The van der Waals surface area contributed by atoms with Gasteiger partial charge in [0.1, 0.15) is 11.3 Å². The van der Waals surface area contributed by atoms with E-state index in [-0.39, 0.29) is 5.91 Å². The minimum Gasteiger partial charge on any atom is -0.306 e. The van der Waals surface area contributed by atoms with Gasteiger partial charge in [-0.25, -0.2) is 4.98 Å². The quantitative estimate of drug-likeness (QED) is 0.785. The Morgan fingerprint density at radius 2 is 1.90 bits per heavy atom. The van der Waals surface area contributed by atoms with E-state index in [0.29, 0.717) is 27.4 Å². The Morgan fingerprint density at radius 1 is 1.05 bits per heavy atom. The molecule has 0 aliphatic carbocycles. The van der Waals surface area contributed by atoms with Crippen LogP contribution in [0.1, 0.15) is 10.4 Å². The second-order valence-corrected chi connectivity index (χ2v) is 4.48. The van der Waals surface area contributed by atoms with Crippen molar-refractivity contribution >= 4 is 34.4 Å². The van der Waals surface area contributed by atoms with Gasteiger partial charge in [0.05, 0.1) is 11.1 Å². The van der Waals surface area contributed by atoms with Crippen LogP contribution in [0.4, 0.5) is 5.82 Å². The molecule has 0 aliphatic heterocycles. The van der Waals surface area contributed by atoms with E-state index in [0.717, 1.165) is 0 Å². The molecule has 0 unspecified atom stereocenters. The monoisotopic (exact) mass is 284 g/mol. The Morgan fingerprint density at radius 3 is 2.75 bits per heavy atom. The minimum atomic E-state index is -0.300. The number of anilines is 1. The summed E-state index contributed by atoms with van der Waals surface area (Å²) in [5.41, 5.74) is 1.66. The minimum absolute atomic E-state index is 0.300. The first-order valence-corrected chi connectivity index (χ1v) is 6.24. The second kappa shape index (κ2) is 5.22. The molecule has 0 radical (unpaired) electrons. The number of halogens is 1. The highest BCUT2D eigenvalue weighted by atomic mass is 35.5. The SMILES string of the molecule is O=C(Nc1cc(Cl)ccn1)c1cccc2nccnc12. The zero-order chi connectivity index (χ0) is 13.9. The van der Waals surface area contributed by atoms with Crippen molar-refractivity contribution in [2.24, 2.45) is 0 Å². The summed E-state index contributed by atoms with van der Waals surface area (Å²) in [6.45, 7) is 0. The van der Waals surface area contributed by atoms with Gasteiger partial charge in [0.15, 0.2) is 0 Å². The van der Waals surface area contributed by atoms with Crippen LogP contribution < -0.4 is 5.32 Å². The molecule has 5 nitrogen and oxygen atoms in total.